The summed E-state index contributed by atoms with van der Waals surface area (Å²) in [5.41, 5.74) is 2.44. The number of nitrogens with one attached hydrogen (secondary N) is 2. The highest BCUT2D eigenvalue weighted by Gasteiger charge is 2.27. The predicted octanol–water partition coefficient (Wildman–Crippen LogP) is 3.47. The van der Waals surface area contributed by atoms with Gasteiger partial charge in [-0.15, -0.1) is 0 Å². The zero-order valence-electron chi connectivity index (χ0n) is 15.3. The summed E-state index contributed by atoms with van der Waals surface area (Å²) in [6.07, 6.45) is 5.42. The summed E-state index contributed by atoms with van der Waals surface area (Å²) < 4.78 is 10.7. The number of rotatable bonds is 5. The quantitative estimate of drug-likeness (QED) is 0.726. The highest BCUT2D eigenvalue weighted by Crippen LogP contribution is 2.30. The molecule has 1 aliphatic heterocycles. The number of amides is 1. The van der Waals surface area contributed by atoms with Crippen LogP contribution in [0.2, 0.25) is 0 Å². The van der Waals surface area contributed by atoms with Gasteiger partial charge in [-0.05, 0) is 48.6 Å². The van der Waals surface area contributed by atoms with E-state index in [0.29, 0.717) is 11.6 Å². The number of ether oxygens (including phenoxy) is 2. The van der Waals surface area contributed by atoms with E-state index >= 15 is 0 Å². The molecule has 0 saturated carbocycles. The van der Waals surface area contributed by atoms with Crippen LogP contribution in [0.15, 0.2) is 48.8 Å². The van der Waals surface area contributed by atoms with E-state index in [2.05, 4.69) is 15.3 Å². The lowest BCUT2D eigenvalue weighted by molar-refractivity contribution is 0.0513. The molecule has 1 amide bonds. The van der Waals surface area contributed by atoms with Crippen LogP contribution in [-0.2, 0) is 4.74 Å². The molecule has 2 aromatic heterocycles. The average molecular weight is 365 g/mol. The van der Waals surface area contributed by atoms with Crippen LogP contribution in [0.4, 0.5) is 0 Å². The molecule has 140 valence electrons. The van der Waals surface area contributed by atoms with E-state index in [0.717, 1.165) is 48.3 Å². The van der Waals surface area contributed by atoms with Gasteiger partial charge in [-0.1, -0.05) is 6.07 Å². The van der Waals surface area contributed by atoms with Gasteiger partial charge in [-0.2, -0.15) is 0 Å². The van der Waals surface area contributed by atoms with Crippen molar-refractivity contribution in [3.8, 4) is 5.75 Å². The van der Waals surface area contributed by atoms with Gasteiger partial charge in [0.15, 0.2) is 0 Å². The lowest BCUT2D eigenvalue weighted by Gasteiger charge is -2.31. The van der Waals surface area contributed by atoms with Crippen molar-refractivity contribution in [3.05, 3.63) is 60.0 Å². The summed E-state index contributed by atoms with van der Waals surface area (Å²) in [6, 6.07) is 11.4. The fourth-order valence-corrected chi connectivity index (χ4v) is 3.66. The lowest BCUT2D eigenvalue weighted by atomic mass is 9.87. The van der Waals surface area contributed by atoms with E-state index in [9.17, 15) is 4.79 Å². The summed E-state index contributed by atoms with van der Waals surface area (Å²) in [5, 5.41) is 4.19. The molecule has 0 aliphatic carbocycles. The second-order valence-electron chi connectivity index (χ2n) is 6.82. The van der Waals surface area contributed by atoms with Crippen molar-refractivity contribution in [2.24, 2.45) is 5.92 Å². The van der Waals surface area contributed by atoms with Crippen LogP contribution in [0.5, 0.6) is 5.75 Å². The molecule has 0 radical (unpaired) electrons. The number of pyridine rings is 1. The molecule has 1 aromatic carbocycles. The smallest absolute Gasteiger partial charge is 0.268 e. The van der Waals surface area contributed by atoms with E-state index in [1.54, 1.807) is 13.3 Å². The first-order chi connectivity index (χ1) is 13.2. The molecule has 0 spiro atoms. The fourth-order valence-electron chi connectivity index (χ4n) is 3.66. The van der Waals surface area contributed by atoms with Crippen LogP contribution in [-0.4, -0.2) is 36.2 Å². The molecule has 6 heteroatoms. The molecule has 3 heterocycles. The zero-order valence-corrected chi connectivity index (χ0v) is 15.3. The van der Waals surface area contributed by atoms with Crippen molar-refractivity contribution in [1.82, 2.24) is 15.3 Å². The molecule has 3 aromatic rings. The fraction of sp³-hybridized carbons (Fsp3) is 0.333. The molecule has 0 bridgehead atoms. The minimum absolute atomic E-state index is 0.0870. The Labute approximate surface area is 157 Å². The van der Waals surface area contributed by atoms with Crippen LogP contribution >= 0.6 is 0 Å². The molecular formula is C21H23N3O3. The van der Waals surface area contributed by atoms with Gasteiger partial charge in [-0.25, -0.2) is 0 Å². The molecule has 1 fully saturated rings. The number of H-pyrrole nitrogens is 1. The largest absolute Gasteiger partial charge is 0.497 e. The Hall–Kier alpha value is -2.86. The minimum Gasteiger partial charge on any atom is -0.497 e. The van der Waals surface area contributed by atoms with Gasteiger partial charge in [0, 0.05) is 42.6 Å². The Bertz CT molecular complexity index is 917. The standard InChI is InChI=1S/C21H23N3O3/c1-26-17-5-4-15-11-19(23-18(15)12-17)21(25)24-20(14-6-9-27-10-7-14)16-3-2-8-22-13-16/h2-5,8,11-14,20,23H,6-7,9-10H2,1H3,(H,24,25). The first-order valence-electron chi connectivity index (χ1n) is 9.20. The lowest BCUT2D eigenvalue weighted by Crippen LogP contribution is -2.36. The number of hydrogen-bond acceptors (Lipinski definition) is 4. The highest BCUT2D eigenvalue weighted by molar-refractivity contribution is 5.98. The maximum absolute atomic E-state index is 13.0. The zero-order chi connectivity index (χ0) is 18.6. The Morgan fingerprint density at radius 2 is 2.15 bits per heavy atom. The number of fused-ring (bicyclic) bond motifs is 1. The predicted molar refractivity (Wildman–Crippen MR) is 103 cm³/mol. The van der Waals surface area contributed by atoms with Crippen molar-refractivity contribution in [2.45, 2.75) is 18.9 Å². The molecule has 1 aliphatic rings. The SMILES string of the molecule is COc1ccc2cc(C(=O)NC(c3cccnc3)C3CCOCC3)[nH]c2c1. The summed E-state index contributed by atoms with van der Waals surface area (Å²) in [4.78, 5) is 20.4. The number of nitrogens with zero attached hydrogens (tertiary/aromatic N) is 1. The number of methoxy groups -OCH3 is 1. The summed E-state index contributed by atoms with van der Waals surface area (Å²) in [6.45, 7) is 1.45. The van der Waals surface area contributed by atoms with Crippen LogP contribution in [0.1, 0.15) is 34.9 Å². The summed E-state index contributed by atoms with van der Waals surface area (Å²) >= 11 is 0. The molecule has 1 saturated heterocycles. The van der Waals surface area contributed by atoms with E-state index in [-0.39, 0.29) is 11.9 Å². The van der Waals surface area contributed by atoms with E-state index < -0.39 is 0 Å². The topological polar surface area (TPSA) is 76.2 Å². The molecule has 27 heavy (non-hydrogen) atoms. The van der Waals surface area contributed by atoms with Gasteiger partial charge < -0.3 is 19.8 Å². The van der Waals surface area contributed by atoms with Crippen LogP contribution in [0, 0.1) is 5.92 Å². The number of carbonyl (C=O) groups excluding carboxylic acids is 1. The molecule has 2 N–H and O–H groups in total. The number of aromatic nitrogens is 2. The first-order valence-corrected chi connectivity index (χ1v) is 9.20. The Morgan fingerprint density at radius 1 is 1.30 bits per heavy atom. The maximum Gasteiger partial charge on any atom is 0.268 e. The molecular weight excluding hydrogens is 342 g/mol. The van der Waals surface area contributed by atoms with E-state index in [4.69, 9.17) is 9.47 Å². The average Bonchev–Trinajstić information content (AvgIpc) is 3.16. The third-order valence-electron chi connectivity index (χ3n) is 5.14. The van der Waals surface area contributed by atoms with Gasteiger partial charge in [0.1, 0.15) is 11.4 Å². The van der Waals surface area contributed by atoms with Gasteiger partial charge in [0.05, 0.1) is 13.2 Å². The Balaban J connectivity index is 1.59. The van der Waals surface area contributed by atoms with Gasteiger partial charge in [-0.3, -0.25) is 9.78 Å². The van der Waals surface area contributed by atoms with Crippen molar-refractivity contribution >= 4 is 16.8 Å². The molecule has 6 nitrogen and oxygen atoms in total. The van der Waals surface area contributed by atoms with E-state index in [1.165, 1.54) is 0 Å². The van der Waals surface area contributed by atoms with Gasteiger partial charge in [0.25, 0.3) is 5.91 Å². The van der Waals surface area contributed by atoms with Crippen molar-refractivity contribution in [1.29, 1.82) is 0 Å². The maximum atomic E-state index is 13.0. The second kappa shape index (κ2) is 7.80. The van der Waals surface area contributed by atoms with Gasteiger partial charge >= 0.3 is 0 Å². The third-order valence-corrected chi connectivity index (χ3v) is 5.14. The van der Waals surface area contributed by atoms with Crippen LogP contribution < -0.4 is 10.1 Å². The molecule has 1 unspecified atom stereocenters. The Morgan fingerprint density at radius 3 is 2.89 bits per heavy atom. The van der Waals surface area contributed by atoms with Crippen LogP contribution in [0.3, 0.4) is 0 Å². The van der Waals surface area contributed by atoms with Crippen molar-refractivity contribution in [2.75, 3.05) is 20.3 Å². The third kappa shape index (κ3) is 3.80. The van der Waals surface area contributed by atoms with Gasteiger partial charge in [0.2, 0.25) is 0 Å². The normalized spacial score (nSPS) is 16.2. The number of carbonyl (C=O) groups is 1. The first kappa shape index (κ1) is 17.5. The molecule has 1 atom stereocenters. The number of aromatic amines is 1. The van der Waals surface area contributed by atoms with Crippen LogP contribution in [0.25, 0.3) is 10.9 Å². The number of hydrogen-bond donors (Lipinski definition) is 2. The highest BCUT2D eigenvalue weighted by atomic mass is 16.5. The summed E-state index contributed by atoms with van der Waals surface area (Å²) in [5.74, 6) is 0.966. The number of benzene rings is 1. The summed E-state index contributed by atoms with van der Waals surface area (Å²) in [7, 11) is 1.63. The minimum atomic E-state index is -0.120. The second-order valence-corrected chi connectivity index (χ2v) is 6.82. The Kier molecular flexibility index (Phi) is 5.07. The molecule has 4 rings (SSSR count). The van der Waals surface area contributed by atoms with E-state index in [1.807, 2.05) is 42.6 Å². The van der Waals surface area contributed by atoms with Crippen molar-refractivity contribution < 1.29 is 14.3 Å². The van der Waals surface area contributed by atoms with Crippen molar-refractivity contribution in [3.63, 3.8) is 0 Å². The monoisotopic (exact) mass is 365 g/mol.